The predicted molar refractivity (Wildman–Crippen MR) is 67.3 cm³/mol. The first kappa shape index (κ1) is 13.3. The molecule has 1 aliphatic rings. The molecule has 1 aromatic carbocycles. The minimum Gasteiger partial charge on any atom is -0.465 e. The van der Waals surface area contributed by atoms with Gasteiger partial charge in [-0.05, 0) is 18.2 Å². The van der Waals surface area contributed by atoms with E-state index in [4.69, 9.17) is 0 Å². The first-order valence-corrected chi connectivity index (χ1v) is 6.23. The van der Waals surface area contributed by atoms with Gasteiger partial charge in [-0.25, -0.2) is 13.6 Å². The predicted octanol–water partition coefficient (Wildman–Crippen LogP) is 3.08. The van der Waals surface area contributed by atoms with Gasteiger partial charge in [0.15, 0.2) is 0 Å². The lowest BCUT2D eigenvalue weighted by atomic mass is 10.1. The fourth-order valence-corrected chi connectivity index (χ4v) is 2.36. The van der Waals surface area contributed by atoms with E-state index < -0.39 is 11.9 Å². The molecule has 0 bridgehead atoms. The Morgan fingerprint density at radius 2 is 2.22 bits per heavy atom. The largest absolute Gasteiger partial charge is 0.465 e. The Labute approximate surface area is 112 Å². The SMILES string of the molecule is COC(=O)c1cc(Br)ccc1N1CCC(F)(F)C1. The summed E-state index contributed by atoms with van der Waals surface area (Å²) in [5.41, 5.74) is 0.784. The fourth-order valence-electron chi connectivity index (χ4n) is 2.00. The Morgan fingerprint density at radius 3 is 2.78 bits per heavy atom. The summed E-state index contributed by atoms with van der Waals surface area (Å²) in [7, 11) is 1.27. The van der Waals surface area contributed by atoms with Crippen LogP contribution in [0.15, 0.2) is 22.7 Å². The van der Waals surface area contributed by atoms with Crippen LogP contribution in [0, 0.1) is 0 Å². The number of hydrogen-bond acceptors (Lipinski definition) is 3. The Kier molecular flexibility index (Phi) is 3.56. The molecule has 6 heteroatoms. The van der Waals surface area contributed by atoms with Crippen LogP contribution in [0.3, 0.4) is 0 Å². The maximum atomic E-state index is 13.2. The highest BCUT2D eigenvalue weighted by molar-refractivity contribution is 9.10. The van der Waals surface area contributed by atoms with Crippen LogP contribution >= 0.6 is 15.9 Å². The highest BCUT2D eigenvalue weighted by atomic mass is 79.9. The number of ether oxygens (including phenoxy) is 1. The molecule has 0 radical (unpaired) electrons. The Balaban J connectivity index is 2.36. The molecule has 1 saturated heterocycles. The number of rotatable bonds is 2. The second-order valence-electron chi connectivity index (χ2n) is 4.18. The summed E-state index contributed by atoms with van der Waals surface area (Å²) in [5, 5.41) is 0. The number of anilines is 1. The fraction of sp³-hybridized carbons (Fsp3) is 0.417. The molecule has 98 valence electrons. The van der Waals surface area contributed by atoms with Gasteiger partial charge in [0.1, 0.15) is 0 Å². The number of esters is 1. The van der Waals surface area contributed by atoms with Crippen molar-refractivity contribution in [2.45, 2.75) is 12.3 Å². The summed E-state index contributed by atoms with van der Waals surface area (Å²) < 4.78 is 31.8. The van der Waals surface area contributed by atoms with Gasteiger partial charge in [0, 0.05) is 17.4 Å². The van der Waals surface area contributed by atoms with Crippen LogP contribution in [-0.2, 0) is 4.74 Å². The smallest absolute Gasteiger partial charge is 0.340 e. The lowest BCUT2D eigenvalue weighted by Gasteiger charge is -2.21. The van der Waals surface area contributed by atoms with Crippen molar-refractivity contribution in [1.82, 2.24) is 0 Å². The number of halogens is 3. The van der Waals surface area contributed by atoms with E-state index in [9.17, 15) is 13.6 Å². The molecule has 0 unspecified atom stereocenters. The third-order valence-corrected chi connectivity index (χ3v) is 3.37. The van der Waals surface area contributed by atoms with Crippen molar-refractivity contribution in [3.05, 3.63) is 28.2 Å². The zero-order chi connectivity index (χ0) is 13.3. The summed E-state index contributed by atoms with van der Waals surface area (Å²) in [5.74, 6) is -3.22. The number of alkyl halides is 2. The van der Waals surface area contributed by atoms with Crippen LogP contribution in [0.5, 0.6) is 0 Å². The second-order valence-corrected chi connectivity index (χ2v) is 5.10. The summed E-state index contributed by atoms with van der Waals surface area (Å²) in [6.45, 7) is -0.128. The number of benzene rings is 1. The molecule has 1 fully saturated rings. The molecule has 0 amide bonds. The third kappa shape index (κ3) is 2.63. The minimum absolute atomic E-state index is 0.191. The van der Waals surface area contributed by atoms with Gasteiger partial charge in [0.25, 0.3) is 5.92 Å². The normalized spacial score (nSPS) is 17.9. The molecular weight excluding hydrogens is 308 g/mol. The quantitative estimate of drug-likeness (QED) is 0.785. The first-order valence-electron chi connectivity index (χ1n) is 5.43. The number of methoxy groups -OCH3 is 1. The van der Waals surface area contributed by atoms with Gasteiger partial charge in [0.2, 0.25) is 0 Å². The van der Waals surface area contributed by atoms with Crippen LogP contribution in [-0.4, -0.2) is 32.1 Å². The average Bonchev–Trinajstić information content (AvgIpc) is 2.68. The van der Waals surface area contributed by atoms with Crippen molar-refractivity contribution in [2.24, 2.45) is 0 Å². The van der Waals surface area contributed by atoms with Gasteiger partial charge < -0.3 is 9.64 Å². The molecule has 0 N–H and O–H groups in total. The van der Waals surface area contributed by atoms with E-state index in [0.717, 1.165) is 0 Å². The average molecular weight is 320 g/mol. The van der Waals surface area contributed by atoms with Crippen molar-refractivity contribution in [2.75, 3.05) is 25.1 Å². The van der Waals surface area contributed by atoms with Crippen LogP contribution in [0.25, 0.3) is 0 Å². The van der Waals surface area contributed by atoms with Crippen molar-refractivity contribution >= 4 is 27.6 Å². The Bertz CT molecular complexity index is 479. The van der Waals surface area contributed by atoms with E-state index in [2.05, 4.69) is 20.7 Å². The molecule has 1 heterocycles. The minimum atomic E-state index is -2.69. The van der Waals surface area contributed by atoms with Gasteiger partial charge in [-0.3, -0.25) is 0 Å². The molecule has 0 aromatic heterocycles. The Hall–Kier alpha value is -1.17. The maximum absolute atomic E-state index is 13.2. The first-order chi connectivity index (χ1) is 8.43. The van der Waals surface area contributed by atoms with Crippen LogP contribution in [0.4, 0.5) is 14.5 Å². The molecule has 0 atom stereocenters. The molecule has 0 aliphatic carbocycles. The monoisotopic (exact) mass is 319 g/mol. The molecule has 0 spiro atoms. The van der Waals surface area contributed by atoms with Gasteiger partial charge in [-0.15, -0.1) is 0 Å². The van der Waals surface area contributed by atoms with E-state index in [1.165, 1.54) is 12.0 Å². The molecule has 1 aliphatic heterocycles. The molecule has 3 nitrogen and oxygen atoms in total. The number of carbonyl (C=O) groups excluding carboxylic acids is 1. The van der Waals surface area contributed by atoms with Gasteiger partial charge >= 0.3 is 5.97 Å². The maximum Gasteiger partial charge on any atom is 0.340 e. The van der Waals surface area contributed by atoms with E-state index in [-0.39, 0.29) is 19.5 Å². The summed E-state index contributed by atoms with van der Waals surface area (Å²) in [6, 6.07) is 4.95. The van der Waals surface area contributed by atoms with E-state index in [0.29, 0.717) is 15.7 Å². The Morgan fingerprint density at radius 1 is 1.50 bits per heavy atom. The van der Waals surface area contributed by atoms with Crippen LogP contribution in [0.1, 0.15) is 16.8 Å². The standard InChI is InChI=1S/C12H12BrF2NO2/c1-18-11(17)9-6-8(13)2-3-10(9)16-5-4-12(14,15)7-16/h2-3,6H,4-5,7H2,1H3. The lowest BCUT2D eigenvalue weighted by Crippen LogP contribution is -2.26. The van der Waals surface area contributed by atoms with E-state index >= 15 is 0 Å². The van der Waals surface area contributed by atoms with Crippen molar-refractivity contribution < 1.29 is 18.3 Å². The van der Waals surface area contributed by atoms with Gasteiger partial charge in [0.05, 0.1) is 24.9 Å². The highest BCUT2D eigenvalue weighted by Gasteiger charge is 2.39. The van der Waals surface area contributed by atoms with Crippen LogP contribution < -0.4 is 4.90 Å². The van der Waals surface area contributed by atoms with Crippen LogP contribution in [0.2, 0.25) is 0 Å². The number of hydrogen-bond donors (Lipinski definition) is 0. The molecule has 2 rings (SSSR count). The van der Waals surface area contributed by atoms with Crippen molar-refractivity contribution in [3.63, 3.8) is 0 Å². The molecular formula is C12H12BrF2NO2. The molecule has 1 aromatic rings. The third-order valence-electron chi connectivity index (χ3n) is 2.87. The summed E-state index contributed by atoms with van der Waals surface area (Å²) in [6.07, 6.45) is -0.191. The number of nitrogens with zero attached hydrogens (tertiary/aromatic N) is 1. The lowest BCUT2D eigenvalue weighted by molar-refractivity contribution is 0.0256. The summed E-state index contributed by atoms with van der Waals surface area (Å²) >= 11 is 3.25. The van der Waals surface area contributed by atoms with Gasteiger partial charge in [-0.2, -0.15) is 0 Å². The zero-order valence-corrected chi connectivity index (χ0v) is 11.3. The van der Waals surface area contributed by atoms with E-state index in [1.807, 2.05) is 0 Å². The zero-order valence-electron chi connectivity index (χ0n) is 9.75. The van der Waals surface area contributed by atoms with E-state index in [1.54, 1.807) is 18.2 Å². The molecule has 0 saturated carbocycles. The number of carbonyl (C=O) groups is 1. The second kappa shape index (κ2) is 4.84. The van der Waals surface area contributed by atoms with Crippen molar-refractivity contribution in [1.29, 1.82) is 0 Å². The van der Waals surface area contributed by atoms with Crippen molar-refractivity contribution in [3.8, 4) is 0 Å². The highest BCUT2D eigenvalue weighted by Crippen LogP contribution is 2.33. The molecule has 18 heavy (non-hydrogen) atoms. The van der Waals surface area contributed by atoms with Gasteiger partial charge in [-0.1, -0.05) is 15.9 Å². The topological polar surface area (TPSA) is 29.5 Å². The summed E-state index contributed by atoms with van der Waals surface area (Å²) in [4.78, 5) is 13.2.